The molecule has 0 bridgehead atoms. The monoisotopic (exact) mass is 434 g/mol. The van der Waals surface area contributed by atoms with E-state index in [1.54, 1.807) is 17.0 Å². The van der Waals surface area contributed by atoms with E-state index in [0.29, 0.717) is 38.5 Å². The topological polar surface area (TPSA) is 60.5 Å². The Morgan fingerprint density at radius 1 is 1.03 bits per heavy atom. The molecule has 1 saturated heterocycles. The summed E-state index contributed by atoms with van der Waals surface area (Å²) in [5.41, 5.74) is 0.161. The van der Waals surface area contributed by atoms with Gasteiger partial charge in [0.05, 0.1) is 12.2 Å². The van der Waals surface area contributed by atoms with Gasteiger partial charge in [0.15, 0.2) is 11.5 Å². The van der Waals surface area contributed by atoms with Gasteiger partial charge in [0, 0.05) is 38.8 Å². The van der Waals surface area contributed by atoms with Crippen molar-refractivity contribution in [2.24, 2.45) is 0 Å². The van der Waals surface area contributed by atoms with E-state index in [4.69, 9.17) is 14.2 Å². The van der Waals surface area contributed by atoms with E-state index in [0.717, 1.165) is 24.5 Å². The molecule has 0 atom stereocenters. The molecule has 7 nitrogen and oxygen atoms in total. The van der Waals surface area contributed by atoms with Gasteiger partial charge >= 0.3 is 6.61 Å². The normalized spacial score (nSPS) is 15.9. The zero-order chi connectivity index (χ0) is 21.6. The average Bonchev–Trinajstić information content (AvgIpc) is 3.25. The maximum atomic E-state index is 12.8. The van der Waals surface area contributed by atoms with Gasteiger partial charge in [-0.1, -0.05) is 12.1 Å². The summed E-state index contributed by atoms with van der Waals surface area (Å²) in [4.78, 5) is 16.7. The molecule has 0 aliphatic carbocycles. The van der Waals surface area contributed by atoms with E-state index in [2.05, 4.69) is 9.64 Å². The van der Waals surface area contributed by atoms with Crippen LogP contribution in [0.15, 0.2) is 42.5 Å². The van der Waals surface area contributed by atoms with E-state index in [-0.39, 0.29) is 24.0 Å². The Kier molecular flexibility index (Phi) is 6.71. The van der Waals surface area contributed by atoms with E-state index in [1.807, 2.05) is 18.2 Å². The summed E-state index contributed by atoms with van der Waals surface area (Å²) in [6.45, 7) is 1.18. The first-order valence-electron chi connectivity index (χ1n) is 10.2. The molecular formula is C22H24F2N2O5. The lowest BCUT2D eigenvalue weighted by atomic mass is 10.1. The first-order valence-corrected chi connectivity index (χ1v) is 10.2. The van der Waals surface area contributed by atoms with Gasteiger partial charge in [-0.3, -0.25) is 9.69 Å². The summed E-state index contributed by atoms with van der Waals surface area (Å²) in [7, 11) is 0. The van der Waals surface area contributed by atoms with Gasteiger partial charge < -0.3 is 23.8 Å². The Bertz CT molecular complexity index is 903. The maximum absolute atomic E-state index is 12.8. The Hall–Kier alpha value is -3.07. The molecule has 31 heavy (non-hydrogen) atoms. The number of rotatable bonds is 8. The molecule has 0 spiro atoms. The van der Waals surface area contributed by atoms with Gasteiger partial charge in [0.2, 0.25) is 6.79 Å². The Balaban J connectivity index is 1.20. The van der Waals surface area contributed by atoms with Crippen LogP contribution < -0.4 is 18.9 Å². The lowest BCUT2D eigenvalue weighted by Gasteiger charge is -2.35. The van der Waals surface area contributed by atoms with Crippen molar-refractivity contribution in [1.82, 2.24) is 9.80 Å². The predicted molar refractivity (Wildman–Crippen MR) is 108 cm³/mol. The predicted octanol–water partition coefficient (Wildman–Crippen LogP) is 3.24. The van der Waals surface area contributed by atoms with Crippen molar-refractivity contribution in [3.63, 3.8) is 0 Å². The molecule has 0 unspecified atom stereocenters. The van der Waals surface area contributed by atoms with Crippen LogP contribution in [0, 0.1) is 0 Å². The van der Waals surface area contributed by atoms with Crippen LogP contribution in [0.25, 0.3) is 0 Å². The molecule has 2 aromatic rings. The van der Waals surface area contributed by atoms with Gasteiger partial charge in [-0.25, -0.2) is 0 Å². The number of alkyl halides is 2. The number of carbonyl (C=O) groups is 1. The number of fused-ring (bicyclic) bond motifs is 1. The minimum absolute atomic E-state index is 0.0920. The van der Waals surface area contributed by atoms with Crippen LogP contribution in [0.5, 0.6) is 23.0 Å². The van der Waals surface area contributed by atoms with E-state index in [1.165, 1.54) is 12.1 Å². The standard InChI is InChI=1S/C22H24F2N2O5/c23-22(24)31-18-5-2-1-4-17(18)21(27)26-11-9-25(10-12-26)8-3-13-28-16-6-7-19-20(14-16)30-15-29-19/h1-2,4-7,14,22H,3,8-13,15H2. The Morgan fingerprint density at radius 2 is 1.81 bits per heavy atom. The number of para-hydroxylation sites is 1. The molecule has 2 aliphatic heterocycles. The molecule has 4 rings (SSSR count). The van der Waals surface area contributed by atoms with Crippen LogP contribution in [0.3, 0.4) is 0 Å². The minimum Gasteiger partial charge on any atom is -0.493 e. The van der Waals surface area contributed by atoms with Crippen molar-refractivity contribution in [2.45, 2.75) is 13.0 Å². The number of amides is 1. The fourth-order valence-corrected chi connectivity index (χ4v) is 3.63. The van der Waals surface area contributed by atoms with Crippen molar-refractivity contribution in [3.05, 3.63) is 48.0 Å². The van der Waals surface area contributed by atoms with Crippen molar-refractivity contribution in [3.8, 4) is 23.0 Å². The van der Waals surface area contributed by atoms with Crippen LogP contribution in [-0.2, 0) is 0 Å². The highest BCUT2D eigenvalue weighted by Crippen LogP contribution is 2.35. The first kappa shape index (κ1) is 21.2. The molecule has 2 aliphatic rings. The third-order valence-corrected chi connectivity index (χ3v) is 5.22. The van der Waals surface area contributed by atoms with Gasteiger partial charge in [-0.2, -0.15) is 8.78 Å². The maximum Gasteiger partial charge on any atom is 0.387 e. The van der Waals surface area contributed by atoms with Crippen LogP contribution in [0.1, 0.15) is 16.8 Å². The first-order chi connectivity index (χ1) is 15.1. The number of ether oxygens (including phenoxy) is 4. The molecule has 0 aromatic heterocycles. The van der Waals surface area contributed by atoms with Crippen molar-refractivity contribution in [1.29, 1.82) is 0 Å². The van der Waals surface area contributed by atoms with Crippen LogP contribution in [0.2, 0.25) is 0 Å². The second kappa shape index (κ2) is 9.82. The summed E-state index contributed by atoms with van der Waals surface area (Å²) >= 11 is 0. The zero-order valence-corrected chi connectivity index (χ0v) is 17.0. The average molecular weight is 434 g/mol. The molecule has 1 amide bonds. The Labute approximate surface area is 179 Å². The number of nitrogens with zero attached hydrogens (tertiary/aromatic N) is 2. The third-order valence-electron chi connectivity index (χ3n) is 5.22. The highest BCUT2D eigenvalue weighted by molar-refractivity contribution is 5.97. The highest BCUT2D eigenvalue weighted by Gasteiger charge is 2.25. The molecule has 2 aromatic carbocycles. The molecule has 2 heterocycles. The largest absolute Gasteiger partial charge is 0.493 e. The summed E-state index contributed by atoms with van der Waals surface area (Å²) in [5, 5.41) is 0. The molecule has 9 heteroatoms. The Morgan fingerprint density at radius 3 is 2.61 bits per heavy atom. The number of carbonyl (C=O) groups excluding carboxylic acids is 1. The molecule has 0 radical (unpaired) electrons. The summed E-state index contributed by atoms with van der Waals surface area (Å²) in [6.07, 6.45) is 0.841. The van der Waals surface area contributed by atoms with Gasteiger partial charge in [0.25, 0.3) is 5.91 Å². The SMILES string of the molecule is O=C(c1ccccc1OC(F)F)N1CCN(CCCOc2ccc3c(c2)OCO3)CC1. The number of piperazine rings is 1. The number of benzene rings is 2. The molecular weight excluding hydrogens is 410 g/mol. The van der Waals surface area contributed by atoms with Crippen LogP contribution in [-0.4, -0.2) is 68.4 Å². The van der Waals surface area contributed by atoms with Gasteiger partial charge in [-0.15, -0.1) is 0 Å². The third kappa shape index (κ3) is 5.35. The second-order valence-corrected chi connectivity index (χ2v) is 7.23. The lowest BCUT2D eigenvalue weighted by molar-refractivity contribution is -0.0503. The number of halogens is 2. The van der Waals surface area contributed by atoms with Gasteiger partial charge in [-0.05, 0) is 30.7 Å². The lowest BCUT2D eigenvalue weighted by Crippen LogP contribution is -2.49. The molecule has 0 N–H and O–H groups in total. The molecule has 0 saturated carbocycles. The molecule has 166 valence electrons. The van der Waals surface area contributed by atoms with E-state index in [9.17, 15) is 13.6 Å². The van der Waals surface area contributed by atoms with Crippen LogP contribution >= 0.6 is 0 Å². The highest BCUT2D eigenvalue weighted by atomic mass is 19.3. The summed E-state index contributed by atoms with van der Waals surface area (Å²) in [5.74, 6) is 1.78. The quantitative estimate of drug-likeness (QED) is 0.595. The minimum atomic E-state index is -2.97. The fourth-order valence-electron chi connectivity index (χ4n) is 3.63. The second-order valence-electron chi connectivity index (χ2n) is 7.23. The molecule has 1 fully saturated rings. The number of hydrogen-bond acceptors (Lipinski definition) is 6. The summed E-state index contributed by atoms with van der Waals surface area (Å²) < 4.78 is 46.1. The fraction of sp³-hybridized carbons (Fsp3) is 0.409. The number of hydrogen-bond donors (Lipinski definition) is 0. The van der Waals surface area contributed by atoms with E-state index >= 15 is 0 Å². The zero-order valence-electron chi connectivity index (χ0n) is 17.0. The smallest absolute Gasteiger partial charge is 0.387 e. The van der Waals surface area contributed by atoms with Gasteiger partial charge in [0.1, 0.15) is 11.5 Å². The van der Waals surface area contributed by atoms with Crippen molar-refractivity contribution >= 4 is 5.91 Å². The van der Waals surface area contributed by atoms with Crippen molar-refractivity contribution < 1.29 is 32.5 Å². The summed E-state index contributed by atoms with van der Waals surface area (Å²) in [6, 6.07) is 11.6. The van der Waals surface area contributed by atoms with Crippen LogP contribution in [0.4, 0.5) is 8.78 Å². The van der Waals surface area contributed by atoms with E-state index < -0.39 is 6.61 Å². The van der Waals surface area contributed by atoms with Crippen molar-refractivity contribution in [2.75, 3.05) is 46.1 Å².